The Morgan fingerprint density at radius 3 is 1.17 bits per heavy atom. The molecule has 2 nitrogen and oxygen atoms in total. The maximum Gasteiger partial charge on any atom is 0.345 e. The average molecular weight is 306 g/mol. The van der Waals surface area contributed by atoms with Crippen LogP contribution in [0, 0.1) is 27.7 Å². The van der Waals surface area contributed by atoms with E-state index in [1.165, 1.54) is 45.1 Å². The maximum absolute atomic E-state index is 2.45. The van der Waals surface area contributed by atoms with Crippen LogP contribution in [-0.4, -0.2) is 27.2 Å². The van der Waals surface area contributed by atoms with Crippen LogP contribution in [0.25, 0.3) is 0 Å². The van der Waals surface area contributed by atoms with E-state index in [2.05, 4.69) is 87.1 Å². The topological polar surface area (TPSA) is 6.02 Å². The summed E-state index contributed by atoms with van der Waals surface area (Å²) in [4.78, 5) is 0. The Labute approximate surface area is 139 Å². The molecule has 1 heterocycles. The first-order chi connectivity index (χ1) is 10.9. The molecule has 2 heteroatoms. The van der Waals surface area contributed by atoms with Gasteiger partial charge in [0.25, 0.3) is 11.4 Å². The molecule has 0 unspecified atom stereocenters. The van der Waals surface area contributed by atoms with Crippen LogP contribution in [0.15, 0.2) is 36.4 Å². The van der Waals surface area contributed by atoms with Crippen molar-refractivity contribution in [3.8, 4) is 0 Å². The van der Waals surface area contributed by atoms with E-state index < -0.39 is 0 Å². The fraction of sp³-hybridized carbons (Fsp3) is 0.333. The Morgan fingerprint density at radius 1 is 0.565 bits per heavy atom. The van der Waals surface area contributed by atoms with Gasteiger partial charge in [0.1, 0.15) is 0 Å². The third-order valence-corrected chi connectivity index (χ3v) is 5.04. The minimum Gasteiger partial charge on any atom is -0.130 e. The quantitative estimate of drug-likeness (QED) is 0.703. The summed E-state index contributed by atoms with van der Waals surface area (Å²) in [5.74, 6) is 0. The van der Waals surface area contributed by atoms with Gasteiger partial charge in [-0.25, -0.2) is 0 Å². The van der Waals surface area contributed by atoms with E-state index in [0.717, 1.165) is 6.67 Å². The summed E-state index contributed by atoms with van der Waals surface area (Å²) in [6, 6.07) is 13.1. The lowest BCUT2D eigenvalue weighted by molar-refractivity contribution is -0.638. The van der Waals surface area contributed by atoms with E-state index >= 15 is 0 Å². The van der Waals surface area contributed by atoms with Crippen molar-refractivity contribution in [3.05, 3.63) is 58.7 Å². The van der Waals surface area contributed by atoms with E-state index in [0.29, 0.717) is 0 Å². The highest BCUT2D eigenvalue weighted by atomic mass is 15.3. The average Bonchev–Trinajstić information content (AvgIpc) is 2.76. The first kappa shape index (κ1) is 15.7. The predicted octanol–water partition coefficient (Wildman–Crippen LogP) is 4.80. The van der Waals surface area contributed by atoms with Gasteiger partial charge < -0.3 is 0 Å². The SMILES string of the molecule is CC1=[N+](c2c(C)cccc2C)C[N+](c2c(C)cccc2C)=C1C. The predicted molar refractivity (Wildman–Crippen MR) is 97.9 cm³/mol. The molecule has 0 bridgehead atoms. The molecule has 0 aromatic heterocycles. The van der Waals surface area contributed by atoms with Gasteiger partial charge in [-0.05, 0) is 27.7 Å². The first-order valence-electron chi connectivity index (χ1n) is 8.26. The van der Waals surface area contributed by atoms with Crippen molar-refractivity contribution in [2.75, 3.05) is 6.67 Å². The Balaban J connectivity index is 2.12. The molecular formula is C21H26N2+2. The van der Waals surface area contributed by atoms with Crippen LogP contribution < -0.4 is 0 Å². The number of hydrogen-bond acceptors (Lipinski definition) is 0. The number of rotatable bonds is 2. The van der Waals surface area contributed by atoms with Crippen LogP contribution in [0.1, 0.15) is 36.1 Å². The Morgan fingerprint density at radius 2 is 0.870 bits per heavy atom. The standard InChI is InChI=1S/C21H26N2/c1-14-9-7-10-15(2)20(14)22-13-23(19(6)18(22)5)21-16(3)11-8-12-17(21)4/h7-12H,13H2,1-6H3/q+2. The van der Waals surface area contributed by atoms with Crippen molar-refractivity contribution in [1.29, 1.82) is 0 Å². The molecule has 3 rings (SSSR count). The molecular weight excluding hydrogens is 280 g/mol. The van der Waals surface area contributed by atoms with Crippen LogP contribution >= 0.6 is 0 Å². The maximum atomic E-state index is 2.45. The molecule has 0 atom stereocenters. The van der Waals surface area contributed by atoms with Crippen LogP contribution in [0.2, 0.25) is 0 Å². The normalized spacial score (nSPS) is 14.9. The van der Waals surface area contributed by atoms with Gasteiger partial charge in [-0.15, -0.1) is 9.15 Å². The Bertz CT molecular complexity index is 742. The van der Waals surface area contributed by atoms with E-state index in [9.17, 15) is 0 Å². The summed E-state index contributed by atoms with van der Waals surface area (Å²) in [5, 5.41) is 0. The molecule has 118 valence electrons. The second-order valence-electron chi connectivity index (χ2n) is 6.65. The third-order valence-electron chi connectivity index (χ3n) is 5.04. The van der Waals surface area contributed by atoms with E-state index in [4.69, 9.17) is 0 Å². The van der Waals surface area contributed by atoms with Gasteiger partial charge in [0.15, 0.2) is 0 Å². The van der Waals surface area contributed by atoms with Crippen LogP contribution in [0.3, 0.4) is 0 Å². The fourth-order valence-corrected chi connectivity index (χ4v) is 3.68. The van der Waals surface area contributed by atoms with Crippen molar-refractivity contribution < 1.29 is 9.15 Å². The Hall–Kier alpha value is -2.22. The molecule has 0 saturated heterocycles. The number of benzene rings is 2. The second-order valence-corrected chi connectivity index (χ2v) is 6.65. The summed E-state index contributed by atoms with van der Waals surface area (Å²) >= 11 is 0. The minimum atomic E-state index is 0.884. The van der Waals surface area contributed by atoms with Crippen molar-refractivity contribution in [3.63, 3.8) is 0 Å². The van der Waals surface area contributed by atoms with Gasteiger partial charge in [0.05, 0.1) is 0 Å². The zero-order chi connectivity index (χ0) is 16.7. The van der Waals surface area contributed by atoms with Crippen molar-refractivity contribution in [2.24, 2.45) is 0 Å². The highest BCUT2D eigenvalue weighted by Gasteiger charge is 2.37. The number of nitrogens with zero attached hydrogens (tertiary/aromatic N) is 2. The zero-order valence-corrected chi connectivity index (χ0v) is 15.1. The van der Waals surface area contributed by atoms with Crippen molar-refractivity contribution in [2.45, 2.75) is 41.5 Å². The number of aryl methyl sites for hydroxylation is 4. The molecule has 23 heavy (non-hydrogen) atoms. The lowest BCUT2D eigenvalue weighted by Gasteiger charge is -2.07. The monoisotopic (exact) mass is 306 g/mol. The lowest BCUT2D eigenvalue weighted by atomic mass is 10.1. The van der Waals surface area contributed by atoms with Gasteiger partial charge in [-0.3, -0.25) is 0 Å². The first-order valence-corrected chi connectivity index (χ1v) is 8.26. The Kier molecular flexibility index (Phi) is 3.93. The van der Waals surface area contributed by atoms with Gasteiger partial charge in [0.2, 0.25) is 11.4 Å². The molecule has 0 radical (unpaired) electrons. The molecule has 0 saturated carbocycles. The van der Waals surface area contributed by atoms with Crippen LogP contribution in [0.5, 0.6) is 0 Å². The molecule has 0 N–H and O–H groups in total. The van der Waals surface area contributed by atoms with Gasteiger partial charge in [-0.1, -0.05) is 36.4 Å². The number of para-hydroxylation sites is 2. The molecule has 1 aliphatic heterocycles. The summed E-state index contributed by atoms with van der Waals surface area (Å²) in [6.07, 6.45) is 0. The molecule has 1 aliphatic rings. The summed E-state index contributed by atoms with van der Waals surface area (Å²) in [5.41, 5.74) is 10.7. The van der Waals surface area contributed by atoms with E-state index in [1.807, 2.05) is 0 Å². The smallest absolute Gasteiger partial charge is 0.130 e. The third kappa shape index (κ3) is 2.52. The molecule has 0 amide bonds. The van der Waals surface area contributed by atoms with E-state index in [1.54, 1.807) is 0 Å². The van der Waals surface area contributed by atoms with Gasteiger partial charge in [0, 0.05) is 36.1 Å². The zero-order valence-electron chi connectivity index (χ0n) is 15.1. The molecule has 0 spiro atoms. The fourth-order valence-electron chi connectivity index (χ4n) is 3.68. The molecule has 2 aromatic rings. The largest absolute Gasteiger partial charge is 0.345 e. The van der Waals surface area contributed by atoms with Crippen LogP contribution in [-0.2, 0) is 0 Å². The van der Waals surface area contributed by atoms with Crippen LogP contribution in [0.4, 0.5) is 11.4 Å². The molecule has 0 aliphatic carbocycles. The highest BCUT2D eigenvalue weighted by molar-refractivity contribution is 6.37. The van der Waals surface area contributed by atoms with E-state index in [-0.39, 0.29) is 0 Å². The summed E-state index contributed by atoms with van der Waals surface area (Å²) in [7, 11) is 0. The van der Waals surface area contributed by atoms with Crippen molar-refractivity contribution in [1.82, 2.24) is 0 Å². The summed E-state index contributed by atoms with van der Waals surface area (Å²) in [6.45, 7) is 14.1. The molecule has 0 fully saturated rings. The second kappa shape index (κ2) is 5.77. The minimum absolute atomic E-state index is 0.884. The number of hydrogen-bond donors (Lipinski definition) is 0. The van der Waals surface area contributed by atoms with Gasteiger partial charge in [-0.2, -0.15) is 0 Å². The van der Waals surface area contributed by atoms with Gasteiger partial charge >= 0.3 is 6.67 Å². The summed E-state index contributed by atoms with van der Waals surface area (Å²) < 4.78 is 4.90. The lowest BCUT2D eigenvalue weighted by Crippen LogP contribution is -2.15. The highest BCUT2D eigenvalue weighted by Crippen LogP contribution is 2.29. The molecule has 2 aromatic carbocycles. The van der Waals surface area contributed by atoms with Crippen molar-refractivity contribution >= 4 is 22.8 Å².